The van der Waals surface area contributed by atoms with Gasteiger partial charge in [0, 0.05) is 20.1 Å². The minimum Gasteiger partial charge on any atom is -0.486 e. The van der Waals surface area contributed by atoms with Gasteiger partial charge in [-0.2, -0.15) is 0 Å². The summed E-state index contributed by atoms with van der Waals surface area (Å²) in [6, 6.07) is 5.40. The highest BCUT2D eigenvalue weighted by Crippen LogP contribution is 2.34. The average molecular weight is 250 g/mol. The smallest absolute Gasteiger partial charge is 0.257 e. The molecule has 1 aromatic carbocycles. The maximum absolute atomic E-state index is 12.3. The van der Waals surface area contributed by atoms with Crippen LogP contribution in [0.3, 0.4) is 0 Å². The van der Waals surface area contributed by atoms with E-state index in [4.69, 9.17) is 9.47 Å². The molecule has 0 saturated heterocycles. The van der Waals surface area contributed by atoms with Crippen molar-refractivity contribution >= 4 is 5.91 Å². The predicted octanol–water partition coefficient (Wildman–Crippen LogP) is 0.749. The maximum atomic E-state index is 12.3. The highest BCUT2D eigenvalue weighted by molar-refractivity contribution is 5.97. The van der Waals surface area contributed by atoms with Crippen LogP contribution in [0, 0.1) is 0 Å². The minimum absolute atomic E-state index is 0.0485. The van der Waals surface area contributed by atoms with E-state index in [2.05, 4.69) is 5.32 Å². The van der Waals surface area contributed by atoms with Gasteiger partial charge in [-0.05, 0) is 19.2 Å². The number of ether oxygens (including phenoxy) is 2. The van der Waals surface area contributed by atoms with Gasteiger partial charge >= 0.3 is 0 Å². The second-order valence-electron chi connectivity index (χ2n) is 4.16. The molecule has 1 N–H and O–H groups in total. The van der Waals surface area contributed by atoms with E-state index in [1.54, 1.807) is 18.0 Å². The number of hydrogen-bond acceptors (Lipinski definition) is 4. The Morgan fingerprint density at radius 2 is 2.17 bits per heavy atom. The van der Waals surface area contributed by atoms with Crippen LogP contribution in [0.4, 0.5) is 0 Å². The van der Waals surface area contributed by atoms with Crippen LogP contribution >= 0.6 is 0 Å². The number of nitrogens with one attached hydrogen (secondary N) is 1. The standard InChI is InChI=1S/C13H18N2O3/c1-14-6-7-15(2)13(16)10-4-3-5-11-12(10)18-9-8-17-11/h3-5,14H,6-9H2,1-2H3. The normalized spacial score (nSPS) is 13.2. The lowest BCUT2D eigenvalue weighted by Crippen LogP contribution is -2.33. The van der Waals surface area contributed by atoms with Gasteiger partial charge < -0.3 is 19.7 Å². The molecule has 0 saturated carbocycles. The molecule has 98 valence electrons. The van der Waals surface area contributed by atoms with E-state index in [-0.39, 0.29) is 5.91 Å². The largest absolute Gasteiger partial charge is 0.486 e. The summed E-state index contributed by atoms with van der Waals surface area (Å²) in [6.07, 6.45) is 0. The van der Waals surface area contributed by atoms with Gasteiger partial charge in [-0.15, -0.1) is 0 Å². The van der Waals surface area contributed by atoms with E-state index in [9.17, 15) is 4.79 Å². The Labute approximate surface area is 107 Å². The third kappa shape index (κ3) is 2.56. The maximum Gasteiger partial charge on any atom is 0.257 e. The van der Waals surface area contributed by atoms with Crippen molar-refractivity contribution in [3.8, 4) is 11.5 Å². The highest BCUT2D eigenvalue weighted by Gasteiger charge is 2.22. The lowest BCUT2D eigenvalue weighted by Gasteiger charge is -2.23. The Bertz CT molecular complexity index is 434. The first kappa shape index (κ1) is 12.7. The summed E-state index contributed by atoms with van der Waals surface area (Å²) in [5.74, 6) is 1.16. The first-order valence-corrected chi connectivity index (χ1v) is 6.02. The van der Waals surface area contributed by atoms with E-state index in [1.165, 1.54) is 0 Å². The minimum atomic E-state index is -0.0485. The molecule has 0 radical (unpaired) electrons. The van der Waals surface area contributed by atoms with Crippen LogP contribution < -0.4 is 14.8 Å². The monoisotopic (exact) mass is 250 g/mol. The first-order valence-electron chi connectivity index (χ1n) is 6.02. The van der Waals surface area contributed by atoms with Crippen LogP contribution in [0.5, 0.6) is 11.5 Å². The van der Waals surface area contributed by atoms with Crippen LogP contribution in [0.2, 0.25) is 0 Å². The highest BCUT2D eigenvalue weighted by atomic mass is 16.6. The zero-order chi connectivity index (χ0) is 13.0. The molecule has 0 spiro atoms. The van der Waals surface area contributed by atoms with Crippen LogP contribution in [-0.2, 0) is 0 Å². The van der Waals surface area contributed by atoms with Crippen molar-refractivity contribution in [2.45, 2.75) is 0 Å². The molecule has 0 fully saturated rings. The summed E-state index contributed by atoms with van der Waals surface area (Å²) in [7, 11) is 3.64. The SMILES string of the molecule is CNCCN(C)C(=O)c1cccc2c1OCCO2. The number of carbonyl (C=O) groups is 1. The fourth-order valence-electron chi connectivity index (χ4n) is 1.83. The zero-order valence-electron chi connectivity index (χ0n) is 10.7. The topological polar surface area (TPSA) is 50.8 Å². The van der Waals surface area contributed by atoms with Gasteiger partial charge in [0.2, 0.25) is 0 Å². The summed E-state index contributed by atoms with van der Waals surface area (Å²) in [6.45, 7) is 2.42. The Kier molecular flexibility index (Phi) is 4.04. The van der Waals surface area contributed by atoms with E-state index in [0.29, 0.717) is 36.8 Å². The Morgan fingerprint density at radius 1 is 1.39 bits per heavy atom. The molecule has 1 aliphatic rings. The molecule has 1 amide bonds. The molecule has 0 aromatic heterocycles. The van der Waals surface area contributed by atoms with Crippen molar-refractivity contribution in [1.82, 2.24) is 10.2 Å². The number of likely N-dealkylation sites (N-methyl/N-ethyl adjacent to an activating group) is 2. The van der Waals surface area contributed by atoms with E-state index >= 15 is 0 Å². The number of rotatable bonds is 4. The van der Waals surface area contributed by atoms with E-state index < -0.39 is 0 Å². The van der Waals surface area contributed by atoms with Gasteiger partial charge in [-0.3, -0.25) is 4.79 Å². The van der Waals surface area contributed by atoms with Gasteiger partial charge in [-0.25, -0.2) is 0 Å². The fraction of sp³-hybridized carbons (Fsp3) is 0.462. The van der Waals surface area contributed by atoms with Crippen molar-refractivity contribution in [2.75, 3.05) is 40.4 Å². The van der Waals surface area contributed by atoms with Gasteiger partial charge in [0.25, 0.3) is 5.91 Å². The second kappa shape index (κ2) is 5.73. The third-order valence-electron chi connectivity index (χ3n) is 2.84. The lowest BCUT2D eigenvalue weighted by molar-refractivity contribution is 0.0786. The molecule has 1 aliphatic heterocycles. The Balaban J connectivity index is 2.19. The van der Waals surface area contributed by atoms with Crippen molar-refractivity contribution < 1.29 is 14.3 Å². The summed E-state index contributed by atoms with van der Waals surface area (Å²) in [5.41, 5.74) is 0.561. The molecule has 0 aliphatic carbocycles. The number of para-hydroxylation sites is 1. The number of hydrogen-bond donors (Lipinski definition) is 1. The zero-order valence-corrected chi connectivity index (χ0v) is 10.7. The van der Waals surface area contributed by atoms with Crippen LogP contribution in [0.15, 0.2) is 18.2 Å². The van der Waals surface area contributed by atoms with Gasteiger partial charge in [0.05, 0.1) is 5.56 Å². The second-order valence-corrected chi connectivity index (χ2v) is 4.16. The Hall–Kier alpha value is -1.75. The summed E-state index contributed by atoms with van der Waals surface area (Å²) < 4.78 is 11.0. The van der Waals surface area contributed by atoms with Crippen LogP contribution in [0.1, 0.15) is 10.4 Å². The molecule has 2 rings (SSSR count). The molecule has 1 aromatic rings. The molecular formula is C13H18N2O3. The van der Waals surface area contributed by atoms with Gasteiger partial charge in [0.15, 0.2) is 11.5 Å². The van der Waals surface area contributed by atoms with Crippen molar-refractivity contribution in [1.29, 1.82) is 0 Å². The molecule has 5 nitrogen and oxygen atoms in total. The fourth-order valence-corrected chi connectivity index (χ4v) is 1.83. The lowest BCUT2D eigenvalue weighted by atomic mass is 10.1. The molecule has 18 heavy (non-hydrogen) atoms. The summed E-state index contributed by atoms with van der Waals surface area (Å²) >= 11 is 0. The number of amides is 1. The third-order valence-corrected chi connectivity index (χ3v) is 2.84. The molecule has 0 bridgehead atoms. The summed E-state index contributed by atoms with van der Waals surface area (Å²) in [5, 5.41) is 3.02. The van der Waals surface area contributed by atoms with Crippen molar-refractivity contribution in [3.63, 3.8) is 0 Å². The number of nitrogens with zero attached hydrogens (tertiary/aromatic N) is 1. The summed E-state index contributed by atoms with van der Waals surface area (Å²) in [4.78, 5) is 14.0. The van der Waals surface area contributed by atoms with Gasteiger partial charge in [-0.1, -0.05) is 6.07 Å². The van der Waals surface area contributed by atoms with Gasteiger partial charge in [0.1, 0.15) is 13.2 Å². The van der Waals surface area contributed by atoms with E-state index in [0.717, 1.165) is 6.54 Å². The van der Waals surface area contributed by atoms with Crippen LogP contribution in [-0.4, -0.2) is 51.2 Å². The number of fused-ring (bicyclic) bond motifs is 1. The first-order chi connectivity index (χ1) is 8.74. The number of benzene rings is 1. The predicted molar refractivity (Wildman–Crippen MR) is 68.3 cm³/mol. The van der Waals surface area contributed by atoms with Crippen molar-refractivity contribution in [2.24, 2.45) is 0 Å². The van der Waals surface area contributed by atoms with E-state index in [1.807, 2.05) is 19.2 Å². The molecular weight excluding hydrogens is 232 g/mol. The Morgan fingerprint density at radius 3 is 2.94 bits per heavy atom. The van der Waals surface area contributed by atoms with Crippen LogP contribution in [0.25, 0.3) is 0 Å². The molecule has 0 unspecified atom stereocenters. The quantitative estimate of drug-likeness (QED) is 0.856. The molecule has 1 heterocycles. The number of carbonyl (C=O) groups excluding carboxylic acids is 1. The average Bonchev–Trinajstić information content (AvgIpc) is 2.43. The van der Waals surface area contributed by atoms with Crippen molar-refractivity contribution in [3.05, 3.63) is 23.8 Å². The molecule has 5 heteroatoms. The molecule has 0 atom stereocenters.